The Bertz CT molecular complexity index is 535. The topological polar surface area (TPSA) is 97.5 Å². The molecule has 1 aromatic heterocycles. The summed E-state index contributed by atoms with van der Waals surface area (Å²) >= 11 is 0. The van der Waals surface area contributed by atoms with Crippen molar-refractivity contribution in [1.82, 2.24) is 19.9 Å². The summed E-state index contributed by atoms with van der Waals surface area (Å²) in [7, 11) is 0. The molecule has 8 nitrogen and oxygen atoms in total. The fraction of sp³-hybridized carbons (Fsp3) is 0.692. The number of hydrogen-bond donors (Lipinski definition) is 1. The van der Waals surface area contributed by atoms with Crippen molar-refractivity contribution in [2.45, 2.75) is 39.3 Å². The third kappa shape index (κ3) is 4.17. The number of carbonyl (C=O) groups is 2. The molecule has 2 rings (SSSR count). The summed E-state index contributed by atoms with van der Waals surface area (Å²) in [6.07, 6.45) is 1.93. The minimum absolute atomic E-state index is 0.0722. The summed E-state index contributed by atoms with van der Waals surface area (Å²) < 4.78 is 6.84. The first kappa shape index (κ1) is 15.3. The highest BCUT2D eigenvalue weighted by atomic mass is 16.6. The number of ether oxygens (including phenoxy) is 1. The second kappa shape index (κ2) is 5.71. The van der Waals surface area contributed by atoms with Crippen LogP contribution in [0.15, 0.2) is 6.20 Å². The highest BCUT2D eigenvalue weighted by Crippen LogP contribution is 2.20. The average molecular weight is 296 g/mol. The third-order valence-corrected chi connectivity index (χ3v) is 3.14. The van der Waals surface area contributed by atoms with E-state index in [4.69, 9.17) is 9.84 Å². The van der Waals surface area contributed by atoms with E-state index in [1.807, 2.05) is 20.8 Å². The highest BCUT2D eigenvalue weighted by molar-refractivity contribution is 5.84. The summed E-state index contributed by atoms with van der Waals surface area (Å²) in [6.45, 7) is 7.26. The lowest BCUT2D eigenvalue weighted by Crippen LogP contribution is -2.35. The Kier molecular flexibility index (Phi) is 4.15. The fourth-order valence-electron chi connectivity index (χ4n) is 2.22. The Morgan fingerprint density at radius 2 is 2.19 bits per heavy atom. The number of amides is 1. The molecule has 0 spiro atoms. The lowest BCUT2D eigenvalue weighted by molar-refractivity contribution is 0.0286. The third-order valence-electron chi connectivity index (χ3n) is 3.14. The van der Waals surface area contributed by atoms with Gasteiger partial charge in [-0.25, -0.2) is 9.59 Å². The molecule has 1 N–H and O–H groups in total. The van der Waals surface area contributed by atoms with Gasteiger partial charge in [0.25, 0.3) is 0 Å². The van der Waals surface area contributed by atoms with Gasteiger partial charge in [-0.1, -0.05) is 5.21 Å². The van der Waals surface area contributed by atoms with Crippen molar-refractivity contribution >= 4 is 12.1 Å². The van der Waals surface area contributed by atoms with E-state index in [0.717, 1.165) is 6.42 Å². The molecule has 1 aliphatic heterocycles. The van der Waals surface area contributed by atoms with Gasteiger partial charge in [0.1, 0.15) is 5.60 Å². The number of rotatable bonds is 3. The van der Waals surface area contributed by atoms with Crippen LogP contribution >= 0.6 is 0 Å². The summed E-state index contributed by atoms with van der Waals surface area (Å²) in [5.74, 6) is -0.871. The molecular weight excluding hydrogens is 276 g/mol. The Hall–Kier alpha value is -2.12. The minimum atomic E-state index is -1.09. The van der Waals surface area contributed by atoms with Gasteiger partial charge in [-0.05, 0) is 33.1 Å². The van der Waals surface area contributed by atoms with Gasteiger partial charge in [-0.2, -0.15) is 0 Å². The quantitative estimate of drug-likeness (QED) is 0.901. The van der Waals surface area contributed by atoms with Gasteiger partial charge >= 0.3 is 12.1 Å². The molecule has 1 fully saturated rings. The van der Waals surface area contributed by atoms with E-state index in [-0.39, 0.29) is 17.7 Å². The first-order chi connectivity index (χ1) is 9.74. The van der Waals surface area contributed by atoms with Crippen LogP contribution < -0.4 is 0 Å². The number of nitrogens with zero attached hydrogens (tertiary/aromatic N) is 4. The average Bonchev–Trinajstić information content (AvgIpc) is 2.96. The lowest BCUT2D eigenvalue weighted by atomic mass is 10.1. The molecule has 0 aromatic carbocycles. The maximum absolute atomic E-state index is 11.9. The summed E-state index contributed by atoms with van der Waals surface area (Å²) in [5, 5.41) is 16.1. The number of aromatic carboxylic acids is 1. The predicted octanol–water partition coefficient (Wildman–Crippen LogP) is 1.23. The van der Waals surface area contributed by atoms with Crippen LogP contribution in [0.25, 0.3) is 0 Å². The van der Waals surface area contributed by atoms with Gasteiger partial charge in [0.05, 0.1) is 6.20 Å². The lowest BCUT2D eigenvalue weighted by Gasteiger charge is -2.24. The van der Waals surface area contributed by atoms with Crippen molar-refractivity contribution in [3.63, 3.8) is 0 Å². The van der Waals surface area contributed by atoms with Crippen LogP contribution in [0.5, 0.6) is 0 Å². The van der Waals surface area contributed by atoms with Gasteiger partial charge < -0.3 is 14.7 Å². The van der Waals surface area contributed by atoms with Gasteiger partial charge in [0.2, 0.25) is 0 Å². The number of hydrogen-bond acceptors (Lipinski definition) is 5. The van der Waals surface area contributed by atoms with Crippen LogP contribution in [0.2, 0.25) is 0 Å². The van der Waals surface area contributed by atoms with Crippen molar-refractivity contribution in [2.24, 2.45) is 5.92 Å². The maximum Gasteiger partial charge on any atom is 0.410 e. The van der Waals surface area contributed by atoms with Crippen molar-refractivity contribution in [3.8, 4) is 0 Å². The Labute approximate surface area is 122 Å². The number of carbonyl (C=O) groups excluding carboxylic acids is 1. The zero-order valence-electron chi connectivity index (χ0n) is 12.4. The molecule has 0 radical (unpaired) electrons. The largest absolute Gasteiger partial charge is 0.476 e. The number of aromatic nitrogens is 3. The van der Waals surface area contributed by atoms with Crippen LogP contribution in [0.3, 0.4) is 0 Å². The molecule has 0 unspecified atom stereocenters. The molecule has 0 aliphatic carbocycles. The van der Waals surface area contributed by atoms with E-state index in [1.54, 1.807) is 4.90 Å². The van der Waals surface area contributed by atoms with Crippen molar-refractivity contribution in [1.29, 1.82) is 0 Å². The van der Waals surface area contributed by atoms with E-state index >= 15 is 0 Å². The molecule has 1 amide bonds. The van der Waals surface area contributed by atoms with Crippen molar-refractivity contribution < 1.29 is 19.4 Å². The van der Waals surface area contributed by atoms with Crippen molar-refractivity contribution in [3.05, 3.63) is 11.9 Å². The van der Waals surface area contributed by atoms with Crippen LogP contribution in [-0.4, -0.2) is 55.8 Å². The predicted molar refractivity (Wildman–Crippen MR) is 72.9 cm³/mol. The highest BCUT2D eigenvalue weighted by Gasteiger charge is 2.30. The second-order valence-electron chi connectivity index (χ2n) is 6.21. The monoisotopic (exact) mass is 296 g/mol. The molecular formula is C13H20N4O4. The Balaban J connectivity index is 1.87. The molecule has 1 saturated heterocycles. The molecule has 21 heavy (non-hydrogen) atoms. The van der Waals surface area contributed by atoms with Crippen LogP contribution in [-0.2, 0) is 11.3 Å². The molecule has 1 aromatic rings. The number of carboxylic acids is 1. The molecule has 8 heteroatoms. The van der Waals surface area contributed by atoms with Crippen LogP contribution in [0, 0.1) is 5.92 Å². The van der Waals surface area contributed by atoms with E-state index in [1.165, 1.54) is 10.9 Å². The van der Waals surface area contributed by atoms with Gasteiger partial charge in [0.15, 0.2) is 5.69 Å². The Morgan fingerprint density at radius 3 is 2.76 bits per heavy atom. The smallest absolute Gasteiger partial charge is 0.410 e. The van der Waals surface area contributed by atoms with Gasteiger partial charge in [-0.15, -0.1) is 5.10 Å². The van der Waals surface area contributed by atoms with Gasteiger partial charge in [-0.3, -0.25) is 4.68 Å². The van der Waals surface area contributed by atoms with E-state index in [2.05, 4.69) is 10.3 Å². The van der Waals surface area contributed by atoms with E-state index < -0.39 is 11.6 Å². The zero-order chi connectivity index (χ0) is 15.6. The number of likely N-dealkylation sites (tertiary alicyclic amines) is 1. The molecule has 116 valence electrons. The minimum Gasteiger partial charge on any atom is -0.476 e. The van der Waals surface area contributed by atoms with Crippen LogP contribution in [0.4, 0.5) is 4.79 Å². The summed E-state index contributed by atoms with van der Waals surface area (Å²) in [4.78, 5) is 24.4. The van der Waals surface area contributed by atoms with Crippen LogP contribution in [0.1, 0.15) is 37.7 Å². The first-order valence-electron chi connectivity index (χ1n) is 6.86. The zero-order valence-corrected chi connectivity index (χ0v) is 12.4. The van der Waals surface area contributed by atoms with Crippen molar-refractivity contribution in [2.75, 3.05) is 13.1 Å². The molecule has 2 heterocycles. The molecule has 0 bridgehead atoms. The summed E-state index contributed by atoms with van der Waals surface area (Å²) in [6, 6.07) is 0. The summed E-state index contributed by atoms with van der Waals surface area (Å²) in [5.41, 5.74) is -0.575. The fourth-order valence-corrected chi connectivity index (χ4v) is 2.22. The molecule has 1 aliphatic rings. The SMILES string of the molecule is CC(C)(C)OC(=O)N1CC[C@@H](Cn2cc(C(=O)O)nn2)C1. The molecule has 1 atom stereocenters. The standard InChI is InChI=1S/C13H20N4O4/c1-13(2,3)21-12(20)16-5-4-9(6-16)7-17-8-10(11(18)19)14-15-17/h8-9H,4-7H2,1-3H3,(H,18,19)/t9-/m1/s1. The number of carboxylic acid groups (broad SMARTS) is 1. The normalized spacial score (nSPS) is 18.8. The molecule has 0 saturated carbocycles. The maximum atomic E-state index is 11.9. The second-order valence-corrected chi connectivity index (χ2v) is 6.21. The van der Waals surface area contributed by atoms with E-state index in [9.17, 15) is 9.59 Å². The first-order valence-corrected chi connectivity index (χ1v) is 6.86. The van der Waals surface area contributed by atoms with E-state index in [0.29, 0.717) is 19.6 Å². The Morgan fingerprint density at radius 1 is 1.48 bits per heavy atom. The van der Waals surface area contributed by atoms with Gasteiger partial charge in [0, 0.05) is 19.6 Å².